The maximum Gasteiger partial charge on any atom is 0.195 e. The van der Waals surface area contributed by atoms with Crippen LogP contribution in [0.5, 0.6) is 0 Å². The van der Waals surface area contributed by atoms with Crippen LogP contribution < -0.4 is 5.43 Å². The predicted molar refractivity (Wildman–Crippen MR) is 107 cm³/mol. The lowest BCUT2D eigenvalue weighted by molar-refractivity contribution is 0.0196. The first-order valence-electron chi connectivity index (χ1n) is 8.29. The van der Waals surface area contributed by atoms with Crippen molar-refractivity contribution < 1.29 is 9.53 Å². The number of hydrogen-bond acceptors (Lipinski definition) is 4. The zero-order valence-electron chi connectivity index (χ0n) is 15.4. The highest BCUT2D eigenvalue weighted by Crippen LogP contribution is 2.25. The summed E-state index contributed by atoms with van der Waals surface area (Å²) < 4.78 is 6.91. The van der Waals surface area contributed by atoms with E-state index in [0.29, 0.717) is 10.9 Å². The predicted octanol–water partition coefficient (Wildman–Crippen LogP) is 5.36. The Morgan fingerprint density at radius 1 is 1.08 bits per heavy atom. The lowest BCUT2D eigenvalue weighted by Gasteiger charge is -2.19. The van der Waals surface area contributed by atoms with Crippen LogP contribution in [0, 0.1) is 6.92 Å². The average Bonchev–Trinajstić information content (AvgIpc) is 2.62. The highest BCUT2D eigenvalue weighted by Gasteiger charge is 2.10. The topological polar surface area (TPSA) is 43.4 Å². The van der Waals surface area contributed by atoms with Crippen LogP contribution in [0.3, 0.4) is 0 Å². The van der Waals surface area contributed by atoms with Crippen molar-refractivity contribution in [2.75, 3.05) is 7.11 Å². The SMILES string of the molecule is CCC(C)(C)OC.Cc1ccc2sc3cc(C=O)ccc3c(=O)c2c1. The molecule has 3 nitrogen and oxygen atoms in total. The van der Waals surface area contributed by atoms with Gasteiger partial charge in [0.25, 0.3) is 0 Å². The van der Waals surface area contributed by atoms with E-state index in [9.17, 15) is 9.59 Å². The van der Waals surface area contributed by atoms with Gasteiger partial charge in [-0.1, -0.05) is 24.6 Å². The van der Waals surface area contributed by atoms with Crippen LogP contribution in [0.4, 0.5) is 0 Å². The minimum Gasteiger partial charge on any atom is -0.379 e. The summed E-state index contributed by atoms with van der Waals surface area (Å²) in [5.41, 5.74) is 1.81. The summed E-state index contributed by atoms with van der Waals surface area (Å²) in [6.45, 7) is 8.24. The molecular formula is C21H24O3S. The quantitative estimate of drug-likeness (QED) is 0.469. The summed E-state index contributed by atoms with van der Waals surface area (Å²) in [6, 6.07) is 11.1. The summed E-state index contributed by atoms with van der Waals surface area (Å²) in [7, 11) is 1.74. The molecule has 1 aromatic heterocycles. The summed E-state index contributed by atoms with van der Waals surface area (Å²) in [5.74, 6) is 0. The Kier molecular flexibility index (Phi) is 6.09. The molecule has 0 fully saturated rings. The molecule has 4 heteroatoms. The first-order chi connectivity index (χ1) is 11.8. The molecule has 0 saturated heterocycles. The Morgan fingerprint density at radius 3 is 2.36 bits per heavy atom. The fraction of sp³-hybridized carbons (Fsp3) is 0.333. The van der Waals surface area contributed by atoms with Crippen molar-refractivity contribution in [1.29, 1.82) is 0 Å². The van der Waals surface area contributed by atoms with Crippen molar-refractivity contribution in [1.82, 2.24) is 0 Å². The van der Waals surface area contributed by atoms with Crippen LogP contribution in [-0.4, -0.2) is 19.0 Å². The number of aldehydes is 1. The Balaban J connectivity index is 0.000000277. The largest absolute Gasteiger partial charge is 0.379 e. The molecule has 0 spiro atoms. The highest BCUT2D eigenvalue weighted by molar-refractivity contribution is 7.24. The van der Waals surface area contributed by atoms with Crippen LogP contribution in [0.2, 0.25) is 0 Å². The van der Waals surface area contributed by atoms with Gasteiger partial charge in [0.15, 0.2) is 5.43 Å². The minimum absolute atomic E-state index is 0.0416. The van der Waals surface area contributed by atoms with Crippen LogP contribution in [-0.2, 0) is 4.74 Å². The molecule has 0 amide bonds. The molecule has 2 aromatic carbocycles. The number of benzene rings is 2. The molecule has 0 aliphatic heterocycles. The molecule has 132 valence electrons. The van der Waals surface area contributed by atoms with Crippen molar-refractivity contribution in [3.05, 3.63) is 57.7 Å². The Hall–Kier alpha value is -2.04. The van der Waals surface area contributed by atoms with Crippen LogP contribution in [0.1, 0.15) is 43.1 Å². The molecule has 0 N–H and O–H groups in total. The Bertz CT molecular complexity index is 948. The Labute approximate surface area is 152 Å². The van der Waals surface area contributed by atoms with Gasteiger partial charge in [0.05, 0.1) is 5.60 Å². The number of hydrogen-bond donors (Lipinski definition) is 0. The first-order valence-corrected chi connectivity index (χ1v) is 9.10. The smallest absolute Gasteiger partial charge is 0.195 e. The number of carbonyl (C=O) groups excluding carboxylic acids is 1. The van der Waals surface area contributed by atoms with E-state index in [1.54, 1.807) is 36.6 Å². The zero-order chi connectivity index (χ0) is 18.6. The molecule has 3 aromatic rings. The second-order valence-electron chi connectivity index (χ2n) is 6.62. The second-order valence-corrected chi connectivity index (χ2v) is 7.71. The molecule has 0 atom stereocenters. The standard InChI is InChI=1S/C15H10O2S.C6H14O/c1-9-2-5-13-12(6-9)15(17)11-4-3-10(8-16)7-14(11)18-13;1-5-6(2,3)7-4/h2-8H,1H3;5H2,1-4H3. The molecule has 0 aliphatic rings. The maximum atomic E-state index is 12.4. The van der Waals surface area contributed by atoms with E-state index < -0.39 is 0 Å². The maximum absolute atomic E-state index is 12.4. The molecule has 0 saturated carbocycles. The van der Waals surface area contributed by atoms with Crippen LogP contribution in [0.25, 0.3) is 20.2 Å². The van der Waals surface area contributed by atoms with E-state index >= 15 is 0 Å². The zero-order valence-corrected chi connectivity index (χ0v) is 16.2. The van der Waals surface area contributed by atoms with Crippen LogP contribution >= 0.6 is 11.3 Å². The van der Waals surface area contributed by atoms with E-state index in [0.717, 1.165) is 33.1 Å². The summed E-state index contributed by atoms with van der Waals surface area (Å²) in [5, 5.41) is 1.44. The molecule has 1 heterocycles. The van der Waals surface area contributed by atoms with Crippen LogP contribution in [0.15, 0.2) is 41.2 Å². The fourth-order valence-corrected chi connectivity index (χ4v) is 3.30. The molecule has 0 bridgehead atoms. The molecule has 0 unspecified atom stereocenters. The number of aryl methyl sites for hydroxylation is 1. The average molecular weight is 356 g/mol. The van der Waals surface area contributed by atoms with Gasteiger partial charge in [0.1, 0.15) is 6.29 Å². The molecule has 0 radical (unpaired) electrons. The van der Waals surface area contributed by atoms with Gasteiger partial charge in [-0.15, -0.1) is 11.3 Å². The number of fused-ring (bicyclic) bond motifs is 2. The van der Waals surface area contributed by atoms with Gasteiger partial charge in [-0.05, 0) is 51.5 Å². The lowest BCUT2D eigenvalue weighted by atomic mass is 10.1. The van der Waals surface area contributed by atoms with Gasteiger partial charge in [-0.3, -0.25) is 9.59 Å². The van der Waals surface area contributed by atoms with E-state index in [1.807, 2.05) is 25.1 Å². The number of rotatable bonds is 3. The van der Waals surface area contributed by atoms with Gasteiger partial charge in [-0.25, -0.2) is 0 Å². The third-order valence-electron chi connectivity index (χ3n) is 4.39. The summed E-state index contributed by atoms with van der Waals surface area (Å²) in [6.07, 6.45) is 1.87. The van der Waals surface area contributed by atoms with E-state index in [4.69, 9.17) is 4.74 Å². The minimum atomic E-state index is 0.0416. The number of methoxy groups -OCH3 is 1. The van der Waals surface area contributed by atoms with Crippen molar-refractivity contribution >= 4 is 37.8 Å². The first kappa shape index (κ1) is 19.3. The van der Waals surface area contributed by atoms with Crippen molar-refractivity contribution in [2.45, 2.75) is 39.7 Å². The van der Waals surface area contributed by atoms with Gasteiger partial charge < -0.3 is 4.74 Å². The van der Waals surface area contributed by atoms with Gasteiger partial charge >= 0.3 is 0 Å². The van der Waals surface area contributed by atoms with E-state index in [1.165, 1.54) is 0 Å². The van der Waals surface area contributed by atoms with Crippen molar-refractivity contribution in [3.8, 4) is 0 Å². The third-order valence-corrected chi connectivity index (χ3v) is 5.52. The number of carbonyl (C=O) groups is 1. The summed E-state index contributed by atoms with van der Waals surface area (Å²) >= 11 is 1.54. The fourth-order valence-electron chi connectivity index (χ4n) is 2.20. The normalized spacial score (nSPS) is 11.2. The van der Waals surface area contributed by atoms with Crippen molar-refractivity contribution in [2.24, 2.45) is 0 Å². The van der Waals surface area contributed by atoms with Gasteiger partial charge in [0.2, 0.25) is 0 Å². The van der Waals surface area contributed by atoms with Gasteiger partial charge in [0, 0.05) is 32.8 Å². The lowest BCUT2D eigenvalue weighted by Crippen LogP contribution is -2.20. The summed E-state index contributed by atoms with van der Waals surface area (Å²) in [4.78, 5) is 23.1. The molecule has 3 rings (SSSR count). The Morgan fingerprint density at radius 2 is 1.80 bits per heavy atom. The highest BCUT2D eigenvalue weighted by atomic mass is 32.1. The second kappa shape index (κ2) is 7.89. The van der Waals surface area contributed by atoms with Crippen molar-refractivity contribution in [3.63, 3.8) is 0 Å². The molecule has 0 aliphatic carbocycles. The number of ether oxygens (including phenoxy) is 1. The van der Waals surface area contributed by atoms with E-state index in [-0.39, 0.29) is 11.0 Å². The third kappa shape index (κ3) is 4.53. The molecular weight excluding hydrogens is 332 g/mol. The van der Waals surface area contributed by atoms with E-state index in [2.05, 4.69) is 20.8 Å². The molecule has 25 heavy (non-hydrogen) atoms. The van der Waals surface area contributed by atoms with Gasteiger partial charge in [-0.2, -0.15) is 0 Å². The monoisotopic (exact) mass is 356 g/mol.